The average molecular weight is 481 g/mol. The first-order valence-electron chi connectivity index (χ1n) is 11.9. The lowest BCUT2D eigenvalue weighted by Gasteiger charge is -2.40. The van der Waals surface area contributed by atoms with Gasteiger partial charge in [-0.15, -0.1) is 0 Å². The molecule has 2 aliphatic heterocycles. The van der Waals surface area contributed by atoms with Gasteiger partial charge < -0.3 is 19.7 Å². The lowest BCUT2D eigenvalue weighted by Crippen LogP contribution is -2.51. The number of amides is 3. The molecule has 3 amide bonds. The van der Waals surface area contributed by atoms with Crippen LogP contribution in [0.15, 0.2) is 42.5 Å². The lowest BCUT2D eigenvalue weighted by molar-refractivity contribution is -0.117. The number of rotatable bonds is 5. The van der Waals surface area contributed by atoms with Gasteiger partial charge in [0.15, 0.2) is 0 Å². The summed E-state index contributed by atoms with van der Waals surface area (Å²) in [5.41, 5.74) is 3.57. The molecule has 9 nitrogen and oxygen atoms in total. The Hall–Kier alpha value is -3.43. The van der Waals surface area contributed by atoms with Crippen molar-refractivity contribution in [3.05, 3.63) is 48.0 Å². The van der Waals surface area contributed by atoms with Crippen molar-refractivity contribution in [1.29, 1.82) is 0 Å². The summed E-state index contributed by atoms with van der Waals surface area (Å²) in [7, 11) is 0. The van der Waals surface area contributed by atoms with Crippen LogP contribution < -0.4 is 20.4 Å². The first kappa shape index (κ1) is 24.7. The van der Waals surface area contributed by atoms with E-state index in [1.54, 1.807) is 35.8 Å². The van der Waals surface area contributed by atoms with E-state index in [1.165, 1.54) is 6.92 Å². The zero-order valence-corrected chi connectivity index (χ0v) is 20.5. The van der Waals surface area contributed by atoms with Gasteiger partial charge in [-0.3, -0.25) is 19.8 Å². The Morgan fingerprint density at radius 2 is 1.83 bits per heavy atom. The van der Waals surface area contributed by atoms with E-state index in [1.807, 2.05) is 37.3 Å². The van der Waals surface area contributed by atoms with Crippen molar-refractivity contribution in [1.82, 2.24) is 10.6 Å². The van der Waals surface area contributed by atoms with E-state index in [0.29, 0.717) is 36.6 Å². The first-order chi connectivity index (χ1) is 16.7. The number of nitrogens with one attached hydrogen (secondary N) is 2. The van der Waals surface area contributed by atoms with Crippen LogP contribution in [0.3, 0.4) is 0 Å². The molecule has 2 aromatic rings. The third-order valence-electron chi connectivity index (χ3n) is 6.03. The van der Waals surface area contributed by atoms with E-state index in [9.17, 15) is 14.4 Å². The molecule has 0 spiro atoms. The number of hydrogen-bond acceptors (Lipinski definition) is 6. The van der Waals surface area contributed by atoms with Crippen molar-refractivity contribution < 1.29 is 23.9 Å². The molecule has 0 radical (unpaired) electrons. The highest BCUT2D eigenvalue weighted by Gasteiger charge is 2.34. The second-order valence-electron chi connectivity index (χ2n) is 9.09. The van der Waals surface area contributed by atoms with Crippen molar-refractivity contribution in [2.45, 2.75) is 46.1 Å². The van der Waals surface area contributed by atoms with Crippen LogP contribution in [0, 0.1) is 0 Å². The molecule has 0 aliphatic carbocycles. The molecule has 0 saturated carbocycles. The molecule has 186 valence electrons. The monoisotopic (exact) mass is 480 g/mol. The number of ether oxygens (including phenoxy) is 2. The SMILES string of the molecule is CC(=O)N1c2ccc(-c3ccc(C(=O)NCC4NCCO4)cc3)cc2N(C(=O)OC(C)C)C[C@@H]1C. The molecule has 0 bridgehead atoms. The molecular weight excluding hydrogens is 448 g/mol. The Labute approximate surface area is 205 Å². The van der Waals surface area contributed by atoms with Crippen LogP contribution in [0.5, 0.6) is 0 Å². The highest BCUT2D eigenvalue weighted by Crippen LogP contribution is 2.39. The van der Waals surface area contributed by atoms with Crippen LogP contribution in [-0.2, 0) is 14.3 Å². The number of fused-ring (bicyclic) bond motifs is 1. The third-order valence-corrected chi connectivity index (χ3v) is 6.03. The summed E-state index contributed by atoms with van der Waals surface area (Å²) in [4.78, 5) is 41.0. The van der Waals surface area contributed by atoms with Crippen LogP contribution in [0.25, 0.3) is 11.1 Å². The maximum absolute atomic E-state index is 12.9. The molecule has 1 saturated heterocycles. The molecular formula is C26H32N4O5. The van der Waals surface area contributed by atoms with Crippen molar-refractivity contribution in [2.75, 3.05) is 36.0 Å². The highest BCUT2D eigenvalue weighted by molar-refractivity contribution is 6.03. The van der Waals surface area contributed by atoms with Gasteiger partial charge in [-0.05, 0) is 56.2 Å². The molecule has 2 N–H and O–H groups in total. The predicted molar refractivity (Wildman–Crippen MR) is 134 cm³/mol. The second-order valence-corrected chi connectivity index (χ2v) is 9.09. The zero-order valence-electron chi connectivity index (χ0n) is 20.5. The minimum Gasteiger partial charge on any atom is -0.446 e. The van der Waals surface area contributed by atoms with Crippen molar-refractivity contribution in [3.63, 3.8) is 0 Å². The molecule has 35 heavy (non-hydrogen) atoms. The molecule has 1 unspecified atom stereocenters. The predicted octanol–water partition coefficient (Wildman–Crippen LogP) is 3.14. The quantitative estimate of drug-likeness (QED) is 0.682. The molecule has 4 rings (SSSR count). The fraction of sp³-hybridized carbons (Fsp3) is 0.423. The van der Waals surface area contributed by atoms with Gasteiger partial charge in [0, 0.05) is 25.6 Å². The Morgan fingerprint density at radius 1 is 1.11 bits per heavy atom. The molecule has 2 aliphatic rings. The summed E-state index contributed by atoms with van der Waals surface area (Å²) in [5, 5.41) is 6.03. The summed E-state index contributed by atoms with van der Waals surface area (Å²) in [6.45, 7) is 9.21. The van der Waals surface area contributed by atoms with Gasteiger partial charge in [-0.25, -0.2) is 4.79 Å². The topological polar surface area (TPSA) is 100 Å². The van der Waals surface area contributed by atoms with Crippen LogP contribution in [-0.4, -0.2) is 62.5 Å². The van der Waals surface area contributed by atoms with E-state index in [0.717, 1.165) is 17.7 Å². The maximum Gasteiger partial charge on any atom is 0.414 e. The Balaban J connectivity index is 1.58. The summed E-state index contributed by atoms with van der Waals surface area (Å²) in [6, 6.07) is 12.7. The molecule has 1 fully saturated rings. The zero-order chi connectivity index (χ0) is 25.1. The van der Waals surface area contributed by atoms with E-state index < -0.39 is 6.09 Å². The number of benzene rings is 2. The van der Waals surface area contributed by atoms with Crippen molar-refractivity contribution in [3.8, 4) is 11.1 Å². The highest BCUT2D eigenvalue weighted by atomic mass is 16.6. The summed E-state index contributed by atoms with van der Waals surface area (Å²) >= 11 is 0. The van der Waals surface area contributed by atoms with E-state index in [4.69, 9.17) is 9.47 Å². The molecule has 0 aromatic heterocycles. The minimum atomic E-state index is -0.443. The lowest BCUT2D eigenvalue weighted by atomic mass is 9.99. The fourth-order valence-electron chi connectivity index (χ4n) is 4.44. The number of anilines is 2. The standard InChI is InChI=1S/C26H32N4O5/c1-16(2)35-26(33)29-15-17(3)30(18(4)31)22-10-9-21(13-23(22)29)19-5-7-20(8-6-19)25(32)28-14-24-27-11-12-34-24/h5-10,13,16-17,24,27H,11-12,14-15H2,1-4H3,(H,28,32)/t17-,24?/m0/s1. The largest absolute Gasteiger partial charge is 0.446 e. The average Bonchev–Trinajstić information content (AvgIpc) is 3.35. The Kier molecular flexibility index (Phi) is 7.37. The summed E-state index contributed by atoms with van der Waals surface area (Å²) in [5.74, 6) is -0.259. The first-order valence-corrected chi connectivity index (χ1v) is 11.9. The van der Waals surface area contributed by atoms with E-state index >= 15 is 0 Å². The number of carbonyl (C=O) groups excluding carboxylic acids is 3. The van der Waals surface area contributed by atoms with E-state index in [-0.39, 0.29) is 30.2 Å². The fourth-order valence-corrected chi connectivity index (χ4v) is 4.44. The van der Waals surface area contributed by atoms with Crippen LogP contribution >= 0.6 is 0 Å². The summed E-state index contributed by atoms with van der Waals surface area (Å²) in [6.07, 6.45) is -0.859. The van der Waals surface area contributed by atoms with Gasteiger partial charge in [0.2, 0.25) is 5.91 Å². The van der Waals surface area contributed by atoms with Crippen LogP contribution in [0.4, 0.5) is 16.2 Å². The normalized spacial score (nSPS) is 19.5. The van der Waals surface area contributed by atoms with Crippen molar-refractivity contribution >= 4 is 29.3 Å². The Morgan fingerprint density at radius 3 is 2.46 bits per heavy atom. The van der Waals surface area contributed by atoms with Gasteiger partial charge in [0.25, 0.3) is 5.91 Å². The number of hydrogen-bond donors (Lipinski definition) is 2. The molecule has 2 atom stereocenters. The minimum absolute atomic E-state index is 0.0862. The molecule has 2 aromatic carbocycles. The van der Waals surface area contributed by atoms with Crippen molar-refractivity contribution in [2.24, 2.45) is 0 Å². The Bertz CT molecular complexity index is 1100. The molecule has 9 heteroatoms. The van der Waals surface area contributed by atoms with Crippen LogP contribution in [0.1, 0.15) is 38.1 Å². The van der Waals surface area contributed by atoms with Gasteiger partial charge in [-0.1, -0.05) is 18.2 Å². The van der Waals surface area contributed by atoms with Crippen LogP contribution in [0.2, 0.25) is 0 Å². The number of nitrogens with zero attached hydrogens (tertiary/aromatic N) is 2. The molecule has 2 heterocycles. The van der Waals surface area contributed by atoms with E-state index in [2.05, 4.69) is 10.6 Å². The van der Waals surface area contributed by atoms with Gasteiger partial charge in [0.05, 0.1) is 36.7 Å². The smallest absolute Gasteiger partial charge is 0.414 e. The number of carbonyl (C=O) groups is 3. The maximum atomic E-state index is 12.9. The van der Waals surface area contributed by atoms with Gasteiger partial charge in [0.1, 0.15) is 6.23 Å². The van der Waals surface area contributed by atoms with Gasteiger partial charge in [-0.2, -0.15) is 0 Å². The summed E-state index contributed by atoms with van der Waals surface area (Å²) < 4.78 is 10.9. The second kappa shape index (κ2) is 10.5. The third kappa shape index (κ3) is 5.47. The van der Waals surface area contributed by atoms with Gasteiger partial charge >= 0.3 is 6.09 Å².